The van der Waals surface area contributed by atoms with Gasteiger partial charge < -0.3 is 4.74 Å². The molecule has 1 saturated carbocycles. The van der Waals surface area contributed by atoms with Crippen molar-refractivity contribution in [2.75, 3.05) is 12.4 Å². The predicted octanol–water partition coefficient (Wildman–Crippen LogP) is 1.46. The molecular formula is C10H19ClN2O4S. The van der Waals surface area contributed by atoms with E-state index < -0.39 is 16.3 Å². The first kappa shape index (κ1) is 15.5. The fourth-order valence-corrected chi connectivity index (χ4v) is 3.25. The van der Waals surface area contributed by atoms with E-state index in [1.54, 1.807) is 13.8 Å². The number of alkyl halides is 1. The average molecular weight is 299 g/mol. The number of hydrogen-bond donors (Lipinski definition) is 1. The minimum atomic E-state index is -3.87. The Morgan fingerprint density at radius 1 is 1.50 bits per heavy atom. The third-order valence-corrected chi connectivity index (χ3v) is 4.34. The summed E-state index contributed by atoms with van der Waals surface area (Å²) in [5, 5.41) is 0. The molecule has 0 saturated heterocycles. The summed E-state index contributed by atoms with van der Waals surface area (Å²) < 4.78 is 31.9. The first-order chi connectivity index (χ1) is 8.36. The van der Waals surface area contributed by atoms with Crippen LogP contribution in [-0.4, -0.2) is 43.4 Å². The van der Waals surface area contributed by atoms with Crippen molar-refractivity contribution in [3.63, 3.8) is 0 Å². The first-order valence-corrected chi connectivity index (χ1v) is 7.90. The molecular weight excluding hydrogens is 280 g/mol. The maximum Gasteiger partial charge on any atom is 0.422 e. The van der Waals surface area contributed by atoms with Crippen LogP contribution in [0.3, 0.4) is 0 Å². The molecule has 0 atom stereocenters. The van der Waals surface area contributed by atoms with E-state index in [9.17, 15) is 13.2 Å². The minimum absolute atomic E-state index is 0.0619. The summed E-state index contributed by atoms with van der Waals surface area (Å²) in [6, 6.07) is -0.0619. The van der Waals surface area contributed by atoms with E-state index >= 15 is 0 Å². The molecule has 1 N–H and O–H groups in total. The Morgan fingerprint density at radius 3 is 2.50 bits per heavy atom. The lowest BCUT2D eigenvalue weighted by molar-refractivity contribution is 0.120. The van der Waals surface area contributed by atoms with Crippen LogP contribution in [0.4, 0.5) is 4.79 Å². The van der Waals surface area contributed by atoms with Crippen molar-refractivity contribution in [3.05, 3.63) is 0 Å². The van der Waals surface area contributed by atoms with Crippen LogP contribution in [0.1, 0.15) is 33.1 Å². The van der Waals surface area contributed by atoms with Gasteiger partial charge >= 0.3 is 16.3 Å². The number of nitrogens with one attached hydrogen (secondary N) is 1. The molecule has 0 spiro atoms. The van der Waals surface area contributed by atoms with Crippen LogP contribution >= 0.6 is 11.6 Å². The monoisotopic (exact) mass is 298 g/mol. The van der Waals surface area contributed by atoms with Gasteiger partial charge in [-0.1, -0.05) is 6.42 Å². The summed E-state index contributed by atoms with van der Waals surface area (Å²) in [6.07, 6.45) is 1.28. The molecule has 106 valence electrons. The predicted molar refractivity (Wildman–Crippen MR) is 68.7 cm³/mol. The molecule has 6 nitrogen and oxygen atoms in total. The van der Waals surface area contributed by atoms with Gasteiger partial charge in [-0.05, 0) is 26.7 Å². The molecule has 1 amide bonds. The summed E-state index contributed by atoms with van der Waals surface area (Å²) in [5.41, 5.74) is 0. The average Bonchev–Trinajstić information content (AvgIpc) is 2.11. The number of rotatable bonds is 6. The molecule has 0 aromatic heterocycles. The SMILES string of the molecule is CC(C)OC(=O)NS(=O)(=O)N(CCCl)C1CCC1. The second-order valence-electron chi connectivity index (χ2n) is 4.45. The lowest BCUT2D eigenvalue weighted by Crippen LogP contribution is -2.51. The Balaban J connectivity index is 2.66. The van der Waals surface area contributed by atoms with Gasteiger partial charge in [-0.25, -0.2) is 9.52 Å². The van der Waals surface area contributed by atoms with E-state index in [1.165, 1.54) is 4.31 Å². The van der Waals surface area contributed by atoms with Crippen LogP contribution < -0.4 is 4.72 Å². The van der Waals surface area contributed by atoms with Crippen LogP contribution in [0.25, 0.3) is 0 Å². The van der Waals surface area contributed by atoms with Crippen LogP contribution in [-0.2, 0) is 14.9 Å². The van der Waals surface area contributed by atoms with Crippen molar-refractivity contribution in [1.29, 1.82) is 0 Å². The molecule has 0 aromatic carbocycles. The van der Waals surface area contributed by atoms with E-state index in [4.69, 9.17) is 16.3 Å². The van der Waals surface area contributed by atoms with Crippen molar-refractivity contribution in [1.82, 2.24) is 9.03 Å². The topological polar surface area (TPSA) is 75.7 Å². The zero-order valence-electron chi connectivity index (χ0n) is 10.6. The molecule has 1 aliphatic rings. The number of halogens is 1. The van der Waals surface area contributed by atoms with Gasteiger partial charge in [0.25, 0.3) is 0 Å². The van der Waals surface area contributed by atoms with Gasteiger partial charge in [0.05, 0.1) is 6.10 Å². The van der Waals surface area contributed by atoms with Crippen molar-refractivity contribution in [2.24, 2.45) is 0 Å². The quantitative estimate of drug-likeness (QED) is 0.753. The summed E-state index contributed by atoms with van der Waals surface area (Å²) in [7, 11) is -3.87. The van der Waals surface area contributed by atoms with Crippen molar-refractivity contribution in [3.8, 4) is 0 Å². The largest absolute Gasteiger partial charge is 0.446 e. The van der Waals surface area contributed by atoms with Crippen molar-refractivity contribution >= 4 is 27.9 Å². The Morgan fingerprint density at radius 2 is 2.11 bits per heavy atom. The van der Waals surface area contributed by atoms with Crippen molar-refractivity contribution < 1.29 is 17.9 Å². The van der Waals surface area contributed by atoms with Crippen LogP contribution in [0.5, 0.6) is 0 Å². The molecule has 0 unspecified atom stereocenters. The lowest BCUT2D eigenvalue weighted by Gasteiger charge is -2.35. The highest BCUT2D eigenvalue weighted by Gasteiger charge is 2.34. The molecule has 18 heavy (non-hydrogen) atoms. The summed E-state index contributed by atoms with van der Waals surface area (Å²) in [6.45, 7) is 3.49. The molecule has 1 aliphatic carbocycles. The normalized spacial score (nSPS) is 16.7. The van der Waals surface area contributed by atoms with Crippen LogP contribution in [0, 0.1) is 0 Å². The number of carbonyl (C=O) groups is 1. The van der Waals surface area contributed by atoms with Gasteiger partial charge in [0.1, 0.15) is 0 Å². The van der Waals surface area contributed by atoms with E-state index in [-0.39, 0.29) is 24.6 Å². The lowest BCUT2D eigenvalue weighted by atomic mass is 9.93. The minimum Gasteiger partial charge on any atom is -0.446 e. The number of hydrogen-bond acceptors (Lipinski definition) is 4. The zero-order valence-corrected chi connectivity index (χ0v) is 12.1. The third kappa shape index (κ3) is 4.29. The summed E-state index contributed by atoms with van der Waals surface area (Å²) in [4.78, 5) is 11.3. The van der Waals surface area contributed by atoms with E-state index in [0.29, 0.717) is 0 Å². The molecule has 1 rings (SSSR count). The fraction of sp³-hybridized carbons (Fsp3) is 0.900. The fourth-order valence-electron chi connectivity index (χ4n) is 1.66. The number of ether oxygens (including phenoxy) is 1. The van der Waals surface area contributed by atoms with E-state index in [0.717, 1.165) is 19.3 Å². The molecule has 0 heterocycles. The molecule has 0 bridgehead atoms. The maximum absolute atomic E-state index is 12.0. The van der Waals surface area contributed by atoms with Crippen LogP contribution in [0.15, 0.2) is 0 Å². The maximum atomic E-state index is 12.0. The second-order valence-corrected chi connectivity index (χ2v) is 6.45. The Hall–Kier alpha value is -0.530. The van der Waals surface area contributed by atoms with E-state index in [2.05, 4.69) is 0 Å². The molecule has 0 radical (unpaired) electrons. The highest BCUT2D eigenvalue weighted by Crippen LogP contribution is 2.26. The van der Waals surface area contributed by atoms with Gasteiger partial charge in [-0.15, -0.1) is 11.6 Å². The Kier molecular flexibility index (Phi) is 5.68. The molecule has 0 aliphatic heterocycles. The van der Waals surface area contributed by atoms with Gasteiger partial charge in [0, 0.05) is 18.5 Å². The van der Waals surface area contributed by atoms with Gasteiger partial charge in [0.15, 0.2) is 0 Å². The van der Waals surface area contributed by atoms with E-state index in [1.807, 2.05) is 4.72 Å². The Labute approximate surface area is 113 Å². The molecule has 8 heteroatoms. The summed E-state index contributed by atoms with van der Waals surface area (Å²) in [5.74, 6) is 0.191. The van der Waals surface area contributed by atoms with Crippen molar-refractivity contribution in [2.45, 2.75) is 45.3 Å². The number of amides is 1. The number of nitrogens with zero attached hydrogens (tertiary/aromatic N) is 1. The highest BCUT2D eigenvalue weighted by molar-refractivity contribution is 7.87. The second kappa shape index (κ2) is 6.58. The Bertz CT molecular complexity index is 381. The smallest absolute Gasteiger partial charge is 0.422 e. The van der Waals surface area contributed by atoms with Gasteiger partial charge in [-0.2, -0.15) is 12.7 Å². The first-order valence-electron chi connectivity index (χ1n) is 5.93. The number of carbonyl (C=O) groups excluding carboxylic acids is 1. The molecule has 0 aromatic rings. The third-order valence-electron chi connectivity index (χ3n) is 2.65. The molecule has 1 fully saturated rings. The van der Waals surface area contributed by atoms with Crippen LogP contribution in [0.2, 0.25) is 0 Å². The summed E-state index contributed by atoms with van der Waals surface area (Å²) >= 11 is 5.60. The zero-order chi connectivity index (χ0) is 13.8. The van der Waals surface area contributed by atoms with Gasteiger partial charge in [0.2, 0.25) is 0 Å². The standard InChI is InChI=1S/C10H19ClN2O4S/c1-8(2)17-10(14)12-18(15,16)13(7-6-11)9-4-3-5-9/h8-9H,3-7H2,1-2H3,(H,12,14). The van der Waals surface area contributed by atoms with Gasteiger partial charge in [-0.3, -0.25) is 0 Å². The highest BCUT2D eigenvalue weighted by atomic mass is 35.5.